The number of halogens is 1. The van der Waals surface area contributed by atoms with E-state index in [1.165, 1.54) is 51.3 Å². The second-order valence-corrected chi connectivity index (χ2v) is 19.7. The Morgan fingerprint density at radius 2 is 1.46 bits per heavy atom. The summed E-state index contributed by atoms with van der Waals surface area (Å²) in [6, 6.07) is 11.4. The van der Waals surface area contributed by atoms with Crippen molar-refractivity contribution < 1.29 is 26.0 Å². The van der Waals surface area contributed by atoms with Gasteiger partial charge < -0.3 is 19.4 Å². The van der Waals surface area contributed by atoms with Crippen LogP contribution in [-0.4, -0.2) is 127 Å². The largest absolute Gasteiger partial charge is 0.497 e. The number of hydrogen-bond acceptors (Lipinski definition) is 8. The highest BCUT2D eigenvalue weighted by Crippen LogP contribution is 2.48. The average Bonchev–Trinajstić information content (AvgIpc) is 3.89. The van der Waals surface area contributed by atoms with E-state index in [1.54, 1.807) is 31.1 Å². The molecule has 1 atom stereocenters. The zero-order valence-corrected chi connectivity index (χ0v) is 33.2. The van der Waals surface area contributed by atoms with Crippen molar-refractivity contribution in [2.45, 2.75) is 75.6 Å². The smallest absolute Gasteiger partial charge is 0.282 e. The van der Waals surface area contributed by atoms with Crippen molar-refractivity contribution in [2.24, 2.45) is 11.3 Å². The number of benzene rings is 2. The van der Waals surface area contributed by atoms with Crippen molar-refractivity contribution in [1.82, 2.24) is 17.8 Å². The number of ether oxygens (including phenoxy) is 1. The highest BCUT2D eigenvalue weighted by Gasteiger charge is 2.50. The van der Waals surface area contributed by atoms with Gasteiger partial charge in [0.05, 0.1) is 12.0 Å². The van der Waals surface area contributed by atoms with Crippen LogP contribution in [0.25, 0.3) is 0 Å². The van der Waals surface area contributed by atoms with E-state index in [4.69, 9.17) is 4.74 Å². The van der Waals surface area contributed by atoms with E-state index in [0.717, 1.165) is 51.0 Å². The Bertz CT molecular complexity index is 1720. The van der Waals surface area contributed by atoms with E-state index >= 15 is 0 Å². The first-order valence-corrected chi connectivity index (χ1v) is 22.0. The topological polar surface area (TPSA) is 97.0 Å². The van der Waals surface area contributed by atoms with Gasteiger partial charge in [-0.2, -0.15) is 21.3 Å². The molecule has 2 aliphatic carbocycles. The van der Waals surface area contributed by atoms with Gasteiger partial charge in [-0.1, -0.05) is 19.3 Å². The molecule has 0 N–H and O–H groups in total. The van der Waals surface area contributed by atoms with Gasteiger partial charge in [-0.3, -0.25) is 0 Å². The summed E-state index contributed by atoms with van der Waals surface area (Å²) in [5, 5.41) is 0. The van der Waals surface area contributed by atoms with E-state index in [9.17, 15) is 21.2 Å². The maximum absolute atomic E-state index is 14.6. The van der Waals surface area contributed by atoms with E-state index < -0.39 is 31.5 Å². The molecule has 0 unspecified atom stereocenters. The van der Waals surface area contributed by atoms with E-state index in [-0.39, 0.29) is 24.0 Å². The normalized spacial score (nSPS) is 23.9. The van der Waals surface area contributed by atoms with Crippen LogP contribution in [0.2, 0.25) is 0 Å². The van der Waals surface area contributed by atoms with Crippen LogP contribution in [0.15, 0.2) is 47.4 Å². The lowest BCUT2D eigenvalue weighted by Gasteiger charge is -2.43. The predicted molar refractivity (Wildman–Crippen MR) is 205 cm³/mol. The van der Waals surface area contributed by atoms with Crippen molar-refractivity contribution in [2.75, 3.05) is 96.5 Å². The summed E-state index contributed by atoms with van der Waals surface area (Å²) >= 11 is 0. The molecule has 4 aliphatic rings. The van der Waals surface area contributed by atoms with Crippen LogP contribution in [0.4, 0.5) is 15.8 Å². The molecule has 290 valence electrons. The molecule has 2 heterocycles. The molecule has 52 heavy (non-hydrogen) atoms. The van der Waals surface area contributed by atoms with E-state index in [0.29, 0.717) is 50.1 Å². The minimum absolute atomic E-state index is 0.192. The third kappa shape index (κ3) is 9.23. The maximum atomic E-state index is 14.6. The number of rotatable bonds is 9. The summed E-state index contributed by atoms with van der Waals surface area (Å²) in [6.45, 7) is 6.83. The molecular formula is C38H59FN6O5S2. The summed E-state index contributed by atoms with van der Waals surface area (Å²) in [5.74, 6) is 0.650. The highest BCUT2D eigenvalue weighted by atomic mass is 32.2. The van der Waals surface area contributed by atoms with Crippen LogP contribution >= 0.6 is 0 Å². The predicted octanol–water partition coefficient (Wildman–Crippen LogP) is 5.10. The summed E-state index contributed by atoms with van der Waals surface area (Å²) in [5.41, 5.74) is 1.16. The van der Waals surface area contributed by atoms with Crippen molar-refractivity contribution in [3.63, 3.8) is 0 Å². The number of anilines is 2. The Morgan fingerprint density at radius 1 is 0.808 bits per heavy atom. The molecule has 2 saturated carbocycles. The molecule has 4 fully saturated rings. The third-order valence-corrected chi connectivity index (χ3v) is 15.5. The molecule has 0 bridgehead atoms. The molecule has 2 aromatic rings. The zero-order chi connectivity index (χ0) is 37.1. The lowest BCUT2D eigenvalue weighted by atomic mass is 9.89. The maximum Gasteiger partial charge on any atom is 0.282 e. The highest BCUT2D eigenvalue weighted by molar-refractivity contribution is 7.89. The Morgan fingerprint density at radius 3 is 2.08 bits per heavy atom. The summed E-state index contributed by atoms with van der Waals surface area (Å²) in [6.07, 6.45) is 9.25. The molecule has 2 saturated heterocycles. The van der Waals surface area contributed by atoms with Gasteiger partial charge >= 0.3 is 0 Å². The minimum atomic E-state index is -3.88. The Hall–Kier alpha value is -2.49. The van der Waals surface area contributed by atoms with Gasteiger partial charge in [0.15, 0.2) is 0 Å². The van der Waals surface area contributed by atoms with E-state index in [1.807, 2.05) is 43.0 Å². The fourth-order valence-corrected chi connectivity index (χ4v) is 11.8. The van der Waals surface area contributed by atoms with Crippen LogP contribution in [0.5, 0.6) is 5.75 Å². The van der Waals surface area contributed by atoms with Gasteiger partial charge in [0.1, 0.15) is 11.6 Å². The molecular weight excluding hydrogens is 704 g/mol. The standard InChI is InChI=1S/C38H59FN6O5S2/c1-31-27-42(22-23-45(31)35-24-33(39)25-36(26-35)50-4)52(48,49)44-21-9-19-41(28-32-10-6-5-7-11-32)18-8-20-43(29-38(30-44)16-17-38)51(46,47)37-14-12-34(13-15-37)40(2)3/h12-15,24-26,31-32H,5-11,16-23,27-30H2,1-4H3/t31-/m1/s1. The van der Waals surface area contributed by atoms with Crippen LogP contribution in [-0.2, 0) is 20.2 Å². The van der Waals surface area contributed by atoms with Crippen LogP contribution < -0.4 is 14.5 Å². The van der Waals surface area contributed by atoms with Crippen molar-refractivity contribution in [3.05, 3.63) is 48.3 Å². The van der Waals surface area contributed by atoms with Crippen LogP contribution in [0, 0.1) is 17.2 Å². The first kappa shape index (κ1) is 39.2. The molecule has 0 aromatic heterocycles. The van der Waals surface area contributed by atoms with Gasteiger partial charge in [-0.05, 0) is 100 Å². The molecule has 2 aromatic carbocycles. The minimum Gasteiger partial charge on any atom is -0.497 e. The van der Waals surface area contributed by atoms with Gasteiger partial charge in [-0.15, -0.1) is 0 Å². The Balaban J connectivity index is 1.24. The monoisotopic (exact) mass is 762 g/mol. The lowest BCUT2D eigenvalue weighted by Crippen LogP contribution is -2.58. The zero-order valence-electron chi connectivity index (χ0n) is 31.6. The first-order chi connectivity index (χ1) is 24.8. The second-order valence-electron chi connectivity index (χ2n) is 15.8. The molecule has 14 heteroatoms. The third-order valence-electron chi connectivity index (χ3n) is 11.6. The van der Waals surface area contributed by atoms with E-state index in [2.05, 4.69) is 4.90 Å². The Labute approximate surface area is 311 Å². The lowest BCUT2D eigenvalue weighted by molar-refractivity contribution is 0.174. The first-order valence-electron chi connectivity index (χ1n) is 19.2. The van der Waals surface area contributed by atoms with Crippen molar-refractivity contribution in [3.8, 4) is 5.75 Å². The molecule has 0 radical (unpaired) electrons. The molecule has 6 rings (SSSR count). The quantitative estimate of drug-likeness (QED) is 0.349. The number of piperazine rings is 1. The molecule has 11 nitrogen and oxygen atoms in total. The molecule has 1 spiro atoms. The average molecular weight is 763 g/mol. The van der Waals surface area contributed by atoms with Gasteiger partial charge in [-0.25, -0.2) is 12.8 Å². The van der Waals surface area contributed by atoms with Crippen molar-refractivity contribution in [1.29, 1.82) is 0 Å². The summed E-state index contributed by atoms with van der Waals surface area (Å²) in [7, 11) is -2.33. The fourth-order valence-electron chi connectivity index (χ4n) is 8.40. The van der Waals surface area contributed by atoms with Gasteiger partial charge in [0.25, 0.3) is 10.2 Å². The van der Waals surface area contributed by atoms with Crippen LogP contribution in [0.3, 0.4) is 0 Å². The van der Waals surface area contributed by atoms with Crippen molar-refractivity contribution >= 4 is 31.6 Å². The second kappa shape index (κ2) is 16.5. The fraction of sp³-hybridized carbons (Fsp3) is 0.684. The summed E-state index contributed by atoms with van der Waals surface area (Å²) < 4.78 is 82.4. The molecule has 2 aliphatic heterocycles. The Kier molecular flexibility index (Phi) is 12.4. The van der Waals surface area contributed by atoms with Gasteiger partial charge in [0.2, 0.25) is 10.0 Å². The van der Waals surface area contributed by atoms with Gasteiger partial charge in [0, 0.05) is 96.0 Å². The van der Waals surface area contributed by atoms with Crippen LogP contribution in [0.1, 0.15) is 64.7 Å². The summed E-state index contributed by atoms with van der Waals surface area (Å²) in [4.78, 5) is 6.71. The number of hydrogen-bond donors (Lipinski definition) is 0. The SMILES string of the molecule is COc1cc(F)cc(N2CCN(S(=O)(=O)N3CCCN(CC4CCCCC4)CCCN(S(=O)(=O)c4ccc(N(C)C)cc4)CC4(CC4)C3)C[C@H]2C)c1. The number of methoxy groups -OCH3 is 1. The molecule has 0 amide bonds. The number of nitrogens with zero attached hydrogens (tertiary/aromatic N) is 6. The number of sulfonamides is 1.